The van der Waals surface area contributed by atoms with Crippen molar-refractivity contribution in [2.45, 2.75) is 37.7 Å². The molecule has 1 aromatic heterocycles. The van der Waals surface area contributed by atoms with E-state index in [-0.39, 0.29) is 23.4 Å². The quantitative estimate of drug-likeness (QED) is 0.737. The first-order valence-electron chi connectivity index (χ1n) is 9.50. The Bertz CT molecular complexity index is 968. The maximum Gasteiger partial charge on any atom is 0.246 e. The lowest BCUT2D eigenvalue weighted by molar-refractivity contribution is 0.181. The number of piperazine rings is 1. The van der Waals surface area contributed by atoms with Gasteiger partial charge in [-0.3, -0.25) is 0 Å². The Morgan fingerprint density at radius 2 is 1.76 bits per heavy atom. The van der Waals surface area contributed by atoms with Gasteiger partial charge in [-0.2, -0.15) is 4.31 Å². The van der Waals surface area contributed by atoms with Crippen molar-refractivity contribution in [3.05, 3.63) is 47.7 Å². The van der Waals surface area contributed by atoms with Crippen molar-refractivity contribution in [1.82, 2.24) is 14.3 Å². The van der Waals surface area contributed by atoms with E-state index in [9.17, 15) is 12.8 Å². The standard InChI is InChI=1S/C20H27FN4O3S/c1-20(2,3)19-22-15(14-28-4)13-18(23-19)24-9-11-25(12-10-24)29(26,27)17-8-6-5-7-16(17)21/h5-8,13H,9-12,14H2,1-4H3. The Kier molecular flexibility index (Phi) is 6.21. The van der Waals surface area contributed by atoms with Gasteiger partial charge in [-0.15, -0.1) is 0 Å². The molecule has 2 aromatic rings. The van der Waals surface area contributed by atoms with Crippen molar-refractivity contribution in [1.29, 1.82) is 0 Å². The largest absolute Gasteiger partial charge is 0.378 e. The van der Waals surface area contributed by atoms with Crippen LogP contribution in [0.25, 0.3) is 0 Å². The summed E-state index contributed by atoms with van der Waals surface area (Å²) in [7, 11) is -2.25. The summed E-state index contributed by atoms with van der Waals surface area (Å²) in [5.41, 5.74) is 0.554. The van der Waals surface area contributed by atoms with E-state index in [1.54, 1.807) is 7.11 Å². The van der Waals surface area contributed by atoms with Crippen LogP contribution in [0.5, 0.6) is 0 Å². The van der Waals surface area contributed by atoms with Gasteiger partial charge in [-0.05, 0) is 12.1 Å². The van der Waals surface area contributed by atoms with Crippen LogP contribution in [-0.2, 0) is 26.8 Å². The lowest BCUT2D eigenvalue weighted by atomic mass is 9.95. The second-order valence-corrected chi connectivity index (χ2v) is 9.95. The van der Waals surface area contributed by atoms with E-state index < -0.39 is 15.8 Å². The fourth-order valence-corrected chi connectivity index (χ4v) is 4.64. The average Bonchev–Trinajstić information content (AvgIpc) is 2.67. The second kappa shape index (κ2) is 8.33. The first-order chi connectivity index (χ1) is 13.6. The van der Waals surface area contributed by atoms with Crippen molar-refractivity contribution < 1.29 is 17.5 Å². The zero-order valence-corrected chi connectivity index (χ0v) is 18.0. The maximum absolute atomic E-state index is 14.0. The summed E-state index contributed by atoms with van der Waals surface area (Å²) in [6.07, 6.45) is 0. The average molecular weight is 423 g/mol. The normalized spacial score (nSPS) is 16.2. The number of aromatic nitrogens is 2. The molecular formula is C20H27FN4O3S. The Labute approximate surface area is 171 Å². The number of ether oxygens (including phenoxy) is 1. The Balaban J connectivity index is 1.80. The van der Waals surface area contributed by atoms with Gasteiger partial charge in [0.25, 0.3) is 0 Å². The highest BCUT2D eigenvalue weighted by Crippen LogP contribution is 2.25. The van der Waals surface area contributed by atoms with E-state index in [0.717, 1.165) is 17.6 Å². The van der Waals surface area contributed by atoms with Crippen LogP contribution in [0.2, 0.25) is 0 Å². The number of hydrogen-bond acceptors (Lipinski definition) is 6. The molecule has 1 aliphatic rings. The first kappa shape index (κ1) is 21.6. The van der Waals surface area contributed by atoms with Crippen molar-refractivity contribution in [2.24, 2.45) is 0 Å². The van der Waals surface area contributed by atoms with E-state index in [1.807, 2.05) is 31.7 Å². The van der Waals surface area contributed by atoms with Gasteiger partial charge in [-0.25, -0.2) is 22.8 Å². The van der Waals surface area contributed by atoms with Crippen LogP contribution < -0.4 is 4.90 Å². The number of rotatable bonds is 5. The van der Waals surface area contributed by atoms with Gasteiger partial charge in [-0.1, -0.05) is 32.9 Å². The molecule has 0 radical (unpaired) electrons. The fraction of sp³-hybridized carbons (Fsp3) is 0.500. The van der Waals surface area contributed by atoms with Crippen molar-refractivity contribution in [3.63, 3.8) is 0 Å². The molecule has 0 amide bonds. The number of benzene rings is 1. The SMILES string of the molecule is COCc1cc(N2CCN(S(=O)(=O)c3ccccc3F)CC2)nc(C(C)(C)C)n1. The number of hydrogen-bond donors (Lipinski definition) is 0. The highest BCUT2D eigenvalue weighted by Gasteiger charge is 2.31. The van der Waals surface area contributed by atoms with E-state index in [1.165, 1.54) is 22.5 Å². The van der Waals surface area contributed by atoms with Gasteiger partial charge in [0.05, 0.1) is 12.3 Å². The number of methoxy groups -OCH3 is 1. The summed E-state index contributed by atoms with van der Waals surface area (Å²) in [4.78, 5) is 11.0. The van der Waals surface area contributed by atoms with Gasteiger partial charge in [0.2, 0.25) is 10.0 Å². The van der Waals surface area contributed by atoms with Gasteiger partial charge >= 0.3 is 0 Å². The third kappa shape index (κ3) is 4.73. The van der Waals surface area contributed by atoms with Crippen molar-refractivity contribution in [2.75, 3.05) is 38.2 Å². The molecule has 9 heteroatoms. The minimum absolute atomic E-state index is 0.228. The van der Waals surface area contributed by atoms with Crippen LogP contribution >= 0.6 is 0 Å². The molecule has 0 aliphatic carbocycles. The van der Waals surface area contributed by atoms with Gasteiger partial charge in [0.15, 0.2) is 0 Å². The van der Waals surface area contributed by atoms with Crippen LogP contribution in [0.15, 0.2) is 35.2 Å². The molecule has 0 unspecified atom stereocenters. The zero-order chi connectivity index (χ0) is 21.2. The summed E-state index contributed by atoms with van der Waals surface area (Å²) >= 11 is 0. The number of anilines is 1. The topological polar surface area (TPSA) is 75.6 Å². The molecule has 29 heavy (non-hydrogen) atoms. The van der Waals surface area contributed by atoms with Crippen LogP contribution in [0, 0.1) is 5.82 Å². The lowest BCUT2D eigenvalue weighted by Crippen LogP contribution is -2.49. The molecule has 1 fully saturated rings. The van der Waals surface area contributed by atoms with Crippen molar-refractivity contribution >= 4 is 15.8 Å². The number of nitrogens with zero attached hydrogens (tertiary/aromatic N) is 4. The van der Waals surface area contributed by atoms with Gasteiger partial charge in [0, 0.05) is 44.8 Å². The first-order valence-corrected chi connectivity index (χ1v) is 10.9. The third-order valence-corrected chi connectivity index (χ3v) is 6.68. The molecular weight excluding hydrogens is 395 g/mol. The third-order valence-electron chi connectivity index (χ3n) is 4.75. The Morgan fingerprint density at radius 1 is 1.10 bits per heavy atom. The highest BCUT2D eigenvalue weighted by atomic mass is 32.2. The zero-order valence-electron chi connectivity index (χ0n) is 17.2. The summed E-state index contributed by atoms with van der Waals surface area (Å²) in [6.45, 7) is 7.93. The van der Waals surface area contributed by atoms with Crippen LogP contribution in [0.3, 0.4) is 0 Å². The Morgan fingerprint density at radius 3 is 2.34 bits per heavy atom. The second-order valence-electron chi connectivity index (χ2n) is 8.05. The number of sulfonamides is 1. The predicted molar refractivity (Wildman–Crippen MR) is 109 cm³/mol. The molecule has 0 N–H and O–H groups in total. The molecule has 0 saturated carbocycles. The minimum atomic E-state index is -3.87. The van der Waals surface area contributed by atoms with E-state index in [0.29, 0.717) is 25.5 Å². The molecule has 158 valence electrons. The maximum atomic E-state index is 14.0. The van der Waals surface area contributed by atoms with Gasteiger partial charge in [0.1, 0.15) is 22.4 Å². The molecule has 3 rings (SSSR count). The summed E-state index contributed by atoms with van der Waals surface area (Å²) in [5, 5.41) is 0. The summed E-state index contributed by atoms with van der Waals surface area (Å²) in [5.74, 6) is 0.730. The molecule has 2 heterocycles. The highest BCUT2D eigenvalue weighted by molar-refractivity contribution is 7.89. The molecule has 1 aliphatic heterocycles. The van der Waals surface area contributed by atoms with Crippen molar-refractivity contribution in [3.8, 4) is 0 Å². The fourth-order valence-electron chi connectivity index (χ4n) is 3.15. The van der Waals surface area contributed by atoms with Gasteiger partial charge < -0.3 is 9.64 Å². The molecule has 1 aromatic carbocycles. The molecule has 7 nitrogen and oxygen atoms in total. The van der Waals surface area contributed by atoms with E-state index in [2.05, 4.69) is 4.98 Å². The van der Waals surface area contributed by atoms with E-state index >= 15 is 0 Å². The molecule has 0 atom stereocenters. The van der Waals surface area contributed by atoms with Crippen LogP contribution in [0.1, 0.15) is 32.3 Å². The molecule has 1 saturated heterocycles. The predicted octanol–water partition coefficient (Wildman–Crippen LogP) is 2.57. The molecule has 0 bridgehead atoms. The summed E-state index contributed by atoms with van der Waals surface area (Å²) < 4.78 is 46.2. The van der Waals surface area contributed by atoms with Crippen LogP contribution in [-0.4, -0.2) is 56.0 Å². The Hall–Kier alpha value is -2.10. The number of halogens is 1. The minimum Gasteiger partial charge on any atom is -0.378 e. The monoisotopic (exact) mass is 422 g/mol. The lowest BCUT2D eigenvalue weighted by Gasteiger charge is -2.35. The van der Waals surface area contributed by atoms with E-state index in [4.69, 9.17) is 9.72 Å². The smallest absolute Gasteiger partial charge is 0.246 e. The van der Waals surface area contributed by atoms with Crippen LogP contribution in [0.4, 0.5) is 10.2 Å². The molecule has 0 spiro atoms. The summed E-state index contributed by atoms with van der Waals surface area (Å²) in [6, 6.07) is 7.34.